The fraction of sp³-hybridized carbons (Fsp3) is 0.500. The van der Waals surface area contributed by atoms with Gasteiger partial charge >= 0.3 is 0 Å². The minimum Gasteiger partial charge on any atom is -0.483 e. The SMILES string of the molecule is Cc1ccc(C(C)C)c(OCC(=O)N(CCC#N)CCC#N)c1. The van der Waals surface area contributed by atoms with Gasteiger partial charge in [0.1, 0.15) is 5.75 Å². The molecule has 0 fully saturated rings. The number of aryl methyl sites for hydroxylation is 1. The van der Waals surface area contributed by atoms with Crippen molar-refractivity contribution in [2.45, 2.75) is 39.5 Å². The first kappa shape index (κ1) is 18.5. The van der Waals surface area contributed by atoms with Crippen molar-refractivity contribution in [1.29, 1.82) is 10.5 Å². The number of nitriles is 2. The van der Waals surface area contributed by atoms with Crippen LogP contribution < -0.4 is 4.74 Å². The summed E-state index contributed by atoms with van der Waals surface area (Å²) in [6, 6.07) is 10.0. The van der Waals surface area contributed by atoms with Crippen molar-refractivity contribution >= 4 is 5.91 Å². The zero-order valence-corrected chi connectivity index (χ0v) is 14.0. The van der Waals surface area contributed by atoms with E-state index in [1.165, 1.54) is 4.90 Å². The van der Waals surface area contributed by atoms with Gasteiger partial charge in [0.15, 0.2) is 6.61 Å². The highest BCUT2D eigenvalue weighted by Crippen LogP contribution is 2.27. The van der Waals surface area contributed by atoms with Crippen molar-refractivity contribution in [2.24, 2.45) is 0 Å². The molecule has 1 rings (SSSR count). The maximum atomic E-state index is 12.3. The van der Waals surface area contributed by atoms with Crippen LogP contribution in [0.25, 0.3) is 0 Å². The Bertz CT molecular complexity index is 594. The minimum atomic E-state index is -0.202. The van der Waals surface area contributed by atoms with E-state index in [9.17, 15) is 4.79 Å². The molecule has 0 N–H and O–H groups in total. The second kappa shape index (κ2) is 9.48. The van der Waals surface area contributed by atoms with E-state index in [0.29, 0.717) is 24.8 Å². The maximum Gasteiger partial charge on any atom is 0.260 e. The van der Waals surface area contributed by atoms with Crippen LogP contribution in [0.15, 0.2) is 18.2 Å². The zero-order chi connectivity index (χ0) is 17.2. The molecule has 1 amide bonds. The molecule has 0 aromatic heterocycles. The molecule has 0 atom stereocenters. The third-order valence-electron chi connectivity index (χ3n) is 3.48. The Labute approximate surface area is 138 Å². The first-order valence-electron chi connectivity index (χ1n) is 7.74. The lowest BCUT2D eigenvalue weighted by Crippen LogP contribution is -2.36. The Morgan fingerprint density at radius 1 is 1.22 bits per heavy atom. The lowest BCUT2D eigenvalue weighted by molar-refractivity contribution is -0.133. The summed E-state index contributed by atoms with van der Waals surface area (Å²) in [5.74, 6) is 0.814. The van der Waals surface area contributed by atoms with E-state index in [2.05, 4.69) is 13.8 Å². The van der Waals surface area contributed by atoms with Crippen LogP contribution in [0, 0.1) is 29.6 Å². The van der Waals surface area contributed by atoms with Crippen LogP contribution in [0.3, 0.4) is 0 Å². The monoisotopic (exact) mass is 313 g/mol. The van der Waals surface area contributed by atoms with Gasteiger partial charge in [-0.15, -0.1) is 0 Å². The van der Waals surface area contributed by atoms with E-state index in [-0.39, 0.29) is 25.4 Å². The van der Waals surface area contributed by atoms with Crippen LogP contribution in [0.2, 0.25) is 0 Å². The molecule has 5 heteroatoms. The summed E-state index contributed by atoms with van der Waals surface area (Å²) >= 11 is 0. The Morgan fingerprint density at radius 3 is 2.35 bits per heavy atom. The predicted octanol–water partition coefficient (Wildman–Crippen LogP) is 3.15. The van der Waals surface area contributed by atoms with Gasteiger partial charge in [-0.25, -0.2) is 0 Å². The summed E-state index contributed by atoms with van der Waals surface area (Å²) in [5.41, 5.74) is 2.13. The second-order valence-electron chi connectivity index (χ2n) is 5.68. The Hall–Kier alpha value is -2.53. The van der Waals surface area contributed by atoms with Crippen molar-refractivity contribution in [3.8, 4) is 17.9 Å². The molecule has 1 aromatic carbocycles. The Balaban J connectivity index is 2.75. The van der Waals surface area contributed by atoms with Crippen LogP contribution in [0.5, 0.6) is 5.75 Å². The van der Waals surface area contributed by atoms with Crippen LogP contribution in [0.4, 0.5) is 0 Å². The molecule has 23 heavy (non-hydrogen) atoms. The van der Waals surface area contributed by atoms with Gasteiger partial charge in [0.05, 0.1) is 25.0 Å². The molecule has 1 aromatic rings. The number of nitrogens with zero attached hydrogens (tertiary/aromatic N) is 3. The van der Waals surface area contributed by atoms with E-state index in [0.717, 1.165) is 11.1 Å². The van der Waals surface area contributed by atoms with Crippen LogP contribution >= 0.6 is 0 Å². The molecule has 0 saturated carbocycles. The highest BCUT2D eigenvalue weighted by molar-refractivity contribution is 5.77. The van der Waals surface area contributed by atoms with E-state index in [1.807, 2.05) is 37.3 Å². The molecule has 122 valence electrons. The highest BCUT2D eigenvalue weighted by atomic mass is 16.5. The van der Waals surface area contributed by atoms with Crippen molar-refractivity contribution in [3.05, 3.63) is 29.3 Å². The van der Waals surface area contributed by atoms with Gasteiger partial charge in [0.25, 0.3) is 5.91 Å². The van der Waals surface area contributed by atoms with E-state index in [4.69, 9.17) is 15.3 Å². The fourth-order valence-electron chi connectivity index (χ4n) is 2.21. The molecule has 0 saturated heterocycles. The number of hydrogen-bond donors (Lipinski definition) is 0. The van der Waals surface area contributed by atoms with Gasteiger partial charge in [0.2, 0.25) is 0 Å². The minimum absolute atomic E-state index is 0.0833. The number of hydrogen-bond acceptors (Lipinski definition) is 4. The van der Waals surface area contributed by atoms with Crippen molar-refractivity contribution in [2.75, 3.05) is 19.7 Å². The number of carbonyl (C=O) groups excluding carboxylic acids is 1. The molecule has 0 aliphatic heterocycles. The van der Waals surface area contributed by atoms with Gasteiger partial charge in [-0.2, -0.15) is 10.5 Å². The number of ether oxygens (including phenoxy) is 1. The summed E-state index contributed by atoms with van der Waals surface area (Å²) < 4.78 is 5.72. The predicted molar refractivity (Wildman–Crippen MR) is 87.8 cm³/mol. The van der Waals surface area contributed by atoms with Crippen molar-refractivity contribution < 1.29 is 9.53 Å². The molecule has 0 bridgehead atoms. The molecular weight excluding hydrogens is 290 g/mol. The first-order valence-corrected chi connectivity index (χ1v) is 7.74. The average molecular weight is 313 g/mol. The summed E-state index contributed by atoms with van der Waals surface area (Å²) in [5, 5.41) is 17.3. The third-order valence-corrected chi connectivity index (χ3v) is 3.48. The molecule has 0 heterocycles. The Morgan fingerprint density at radius 2 is 1.83 bits per heavy atom. The smallest absolute Gasteiger partial charge is 0.260 e. The largest absolute Gasteiger partial charge is 0.483 e. The fourth-order valence-corrected chi connectivity index (χ4v) is 2.21. The average Bonchev–Trinajstić information content (AvgIpc) is 2.52. The lowest BCUT2D eigenvalue weighted by Gasteiger charge is -2.21. The topological polar surface area (TPSA) is 77.1 Å². The summed E-state index contributed by atoms with van der Waals surface area (Å²) in [7, 11) is 0. The number of rotatable bonds is 8. The maximum absolute atomic E-state index is 12.3. The number of benzene rings is 1. The Kier molecular flexibility index (Phi) is 7.63. The number of amides is 1. The van der Waals surface area contributed by atoms with Crippen molar-refractivity contribution in [3.63, 3.8) is 0 Å². The van der Waals surface area contributed by atoms with Gasteiger partial charge in [-0.05, 0) is 30.0 Å². The lowest BCUT2D eigenvalue weighted by atomic mass is 10.0. The second-order valence-corrected chi connectivity index (χ2v) is 5.68. The molecule has 0 unspecified atom stereocenters. The van der Waals surface area contributed by atoms with E-state index < -0.39 is 0 Å². The summed E-state index contributed by atoms with van der Waals surface area (Å²) in [6.45, 7) is 6.69. The summed E-state index contributed by atoms with van der Waals surface area (Å²) in [4.78, 5) is 13.8. The molecule has 5 nitrogen and oxygen atoms in total. The first-order chi connectivity index (χ1) is 11.0. The molecule has 0 spiro atoms. The van der Waals surface area contributed by atoms with Gasteiger partial charge in [0, 0.05) is 13.1 Å². The van der Waals surface area contributed by atoms with Gasteiger partial charge < -0.3 is 9.64 Å². The van der Waals surface area contributed by atoms with Crippen LogP contribution in [-0.4, -0.2) is 30.5 Å². The highest BCUT2D eigenvalue weighted by Gasteiger charge is 2.15. The standard InChI is InChI=1S/C18H23N3O2/c1-14(2)16-7-6-15(3)12-17(16)23-13-18(22)21(10-4-8-19)11-5-9-20/h6-7,12,14H,4-5,10-11,13H2,1-3H3. The molecule has 0 radical (unpaired) electrons. The van der Waals surface area contributed by atoms with Crippen molar-refractivity contribution in [1.82, 2.24) is 4.90 Å². The van der Waals surface area contributed by atoms with Gasteiger partial charge in [-0.1, -0.05) is 26.0 Å². The third kappa shape index (κ3) is 6.00. The van der Waals surface area contributed by atoms with E-state index in [1.54, 1.807) is 0 Å². The number of carbonyl (C=O) groups is 1. The van der Waals surface area contributed by atoms with Gasteiger partial charge in [-0.3, -0.25) is 4.79 Å². The molecule has 0 aliphatic carbocycles. The van der Waals surface area contributed by atoms with Crippen LogP contribution in [-0.2, 0) is 4.79 Å². The quantitative estimate of drug-likeness (QED) is 0.738. The zero-order valence-electron chi connectivity index (χ0n) is 14.0. The van der Waals surface area contributed by atoms with Crippen LogP contribution in [0.1, 0.15) is 43.7 Å². The summed E-state index contributed by atoms with van der Waals surface area (Å²) in [6.07, 6.45) is 0.498. The van der Waals surface area contributed by atoms with E-state index >= 15 is 0 Å². The molecular formula is C18H23N3O2. The normalized spacial score (nSPS) is 10.0. The molecule has 0 aliphatic rings.